The molecule has 2 aromatic rings. The number of benzene rings is 1. The third-order valence-electron chi connectivity index (χ3n) is 6.47. The summed E-state index contributed by atoms with van der Waals surface area (Å²) in [6, 6.07) is 7.26. The van der Waals surface area contributed by atoms with E-state index in [0.29, 0.717) is 24.2 Å². The first-order chi connectivity index (χ1) is 15.7. The van der Waals surface area contributed by atoms with Crippen molar-refractivity contribution in [2.75, 3.05) is 32.5 Å². The van der Waals surface area contributed by atoms with Crippen LogP contribution in [0, 0.1) is 11.8 Å². The van der Waals surface area contributed by atoms with Gasteiger partial charge in [0.1, 0.15) is 11.9 Å². The second kappa shape index (κ2) is 11.5. The third kappa shape index (κ3) is 7.57. The number of carboxylic acids is 1. The molecular weight excluding hydrogens is 439 g/mol. The van der Waals surface area contributed by atoms with Crippen LogP contribution in [0.15, 0.2) is 30.5 Å². The van der Waals surface area contributed by atoms with Gasteiger partial charge in [-0.2, -0.15) is 11.8 Å². The van der Waals surface area contributed by atoms with Gasteiger partial charge in [0.15, 0.2) is 0 Å². The number of fused-ring (bicyclic) bond motifs is 1. The highest BCUT2D eigenvalue weighted by Gasteiger charge is 2.31. The highest BCUT2D eigenvalue weighted by Crippen LogP contribution is 2.36. The topological polar surface area (TPSA) is 62.7 Å². The first-order valence-electron chi connectivity index (χ1n) is 11.8. The van der Waals surface area contributed by atoms with Crippen LogP contribution in [0.3, 0.4) is 0 Å². The number of hydrogen-bond acceptors (Lipinski definition) is 5. The van der Waals surface area contributed by atoms with Crippen LogP contribution in [0.4, 0.5) is 4.39 Å². The van der Waals surface area contributed by atoms with E-state index in [-0.39, 0.29) is 23.0 Å². The number of ether oxygens (including phenoxy) is 1. The van der Waals surface area contributed by atoms with Crippen molar-refractivity contribution in [3.05, 3.63) is 36.0 Å². The van der Waals surface area contributed by atoms with E-state index in [1.54, 1.807) is 19.4 Å². The maximum absolute atomic E-state index is 15.4. The number of halogens is 1. The zero-order valence-electron chi connectivity index (χ0n) is 20.2. The van der Waals surface area contributed by atoms with Crippen LogP contribution in [-0.4, -0.2) is 58.2 Å². The fraction of sp³-hybridized carbons (Fsp3) is 0.615. The molecule has 182 valence electrons. The van der Waals surface area contributed by atoms with Gasteiger partial charge in [-0.15, -0.1) is 0 Å². The Morgan fingerprint density at radius 1 is 1.33 bits per heavy atom. The van der Waals surface area contributed by atoms with Crippen molar-refractivity contribution in [1.29, 1.82) is 0 Å². The van der Waals surface area contributed by atoms with Gasteiger partial charge in [0, 0.05) is 41.6 Å². The van der Waals surface area contributed by atoms with Gasteiger partial charge in [-0.05, 0) is 67.5 Å². The highest BCUT2D eigenvalue weighted by molar-refractivity contribution is 8.00. The molecule has 0 radical (unpaired) electrons. The normalized spacial score (nSPS) is 20.6. The zero-order chi connectivity index (χ0) is 24.0. The van der Waals surface area contributed by atoms with Crippen molar-refractivity contribution in [3.8, 4) is 5.75 Å². The van der Waals surface area contributed by atoms with Gasteiger partial charge < -0.3 is 14.7 Å². The van der Waals surface area contributed by atoms with Gasteiger partial charge >= 0.3 is 5.97 Å². The fourth-order valence-electron chi connectivity index (χ4n) is 4.74. The molecule has 2 heterocycles. The average molecular weight is 477 g/mol. The minimum absolute atomic E-state index is 0.0670. The van der Waals surface area contributed by atoms with Crippen LogP contribution >= 0.6 is 11.8 Å². The first-order valence-corrected chi connectivity index (χ1v) is 12.8. The lowest BCUT2D eigenvalue weighted by Crippen LogP contribution is -2.42. The Kier molecular flexibility index (Phi) is 8.99. The second-order valence-electron chi connectivity index (χ2n) is 10.00. The van der Waals surface area contributed by atoms with Gasteiger partial charge in [-0.1, -0.05) is 20.8 Å². The minimum atomic E-state index is -1.12. The number of carbonyl (C=O) groups is 1. The predicted octanol–water partition coefficient (Wildman–Crippen LogP) is 5.98. The maximum atomic E-state index is 15.4. The Balaban J connectivity index is 1.62. The summed E-state index contributed by atoms with van der Waals surface area (Å²) in [6.45, 7) is 9.36. The van der Waals surface area contributed by atoms with E-state index >= 15 is 4.39 Å². The van der Waals surface area contributed by atoms with E-state index < -0.39 is 12.1 Å². The van der Waals surface area contributed by atoms with E-state index in [9.17, 15) is 9.90 Å². The van der Waals surface area contributed by atoms with Crippen molar-refractivity contribution in [1.82, 2.24) is 9.88 Å². The molecule has 1 aliphatic rings. The number of aliphatic carboxylic acids is 1. The predicted molar refractivity (Wildman–Crippen MR) is 134 cm³/mol. The van der Waals surface area contributed by atoms with Crippen LogP contribution < -0.4 is 4.74 Å². The largest absolute Gasteiger partial charge is 0.497 e. The van der Waals surface area contributed by atoms with Crippen LogP contribution in [0.25, 0.3) is 10.9 Å². The van der Waals surface area contributed by atoms with E-state index in [1.165, 1.54) is 0 Å². The Labute approximate surface area is 201 Å². The Bertz CT molecular complexity index is 933. The molecule has 3 atom stereocenters. The second-order valence-corrected chi connectivity index (χ2v) is 11.9. The first kappa shape index (κ1) is 25.8. The van der Waals surface area contributed by atoms with E-state index in [2.05, 4.69) is 30.7 Å². The number of aromatic nitrogens is 1. The van der Waals surface area contributed by atoms with Crippen molar-refractivity contribution in [3.63, 3.8) is 0 Å². The Morgan fingerprint density at radius 2 is 2.12 bits per heavy atom. The summed E-state index contributed by atoms with van der Waals surface area (Å²) in [5, 5.41) is 10.2. The monoisotopic (exact) mass is 476 g/mol. The number of thioether (sulfide) groups is 1. The molecule has 0 spiro atoms. The minimum Gasteiger partial charge on any atom is -0.497 e. The van der Waals surface area contributed by atoms with E-state index in [0.717, 1.165) is 42.7 Å². The van der Waals surface area contributed by atoms with Crippen molar-refractivity contribution < 1.29 is 19.0 Å². The smallest absolute Gasteiger partial charge is 0.303 e. The zero-order valence-corrected chi connectivity index (χ0v) is 21.0. The molecule has 1 N–H and O–H groups in total. The highest BCUT2D eigenvalue weighted by atomic mass is 32.2. The molecule has 1 aromatic carbocycles. The number of nitrogens with zero attached hydrogens (tertiary/aromatic N) is 2. The number of piperidine rings is 1. The van der Waals surface area contributed by atoms with Gasteiger partial charge in [0.2, 0.25) is 0 Å². The van der Waals surface area contributed by atoms with Gasteiger partial charge in [0.05, 0.1) is 12.6 Å². The van der Waals surface area contributed by atoms with Crippen molar-refractivity contribution >= 4 is 28.6 Å². The maximum Gasteiger partial charge on any atom is 0.303 e. The van der Waals surface area contributed by atoms with Crippen LogP contribution in [0.5, 0.6) is 5.75 Å². The summed E-state index contributed by atoms with van der Waals surface area (Å²) in [5.41, 5.74) is 1.38. The number of methoxy groups -OCH3 is 1. The van der Waals surface area contributed by atoms with Gasteiger partial charge in [-0.25, -0.2) is 4.39 Å². The summed E-state index contributed by atoms with van der Waals surface area (Å²) in [5.74, 6) is 1.26. The van der Waals surface area contributed by atoms with Gasteiger partial charge in [-0.3, -0.25) is 9.78 Å². The summed E-state index contributed by atoms with van der Waals surface area (Å²) < 4.78 is 20.9. The summed E-state index contributed by atoms with van der Waals surface area (Å²) in [6.07, 6.45) is 2.69. The van der Waals surface area contributed by atoms with E-state index in [4.69, 9.17) is 4.74 Å². The molecular formula is C26H37FN2O3S. The number of likely N-dealkylation sites (tertiary alicyclic amines) is 1. The van der Waals surface area contributed by atoms with Crippen LogP contribution in [0.2, 0.25) is 0 Å². The molecule has 0 saturated carbocycles. The summed E-state index contributed by atoms with van der Waals surface area (Å²) in [4.78, 5) is 18.3. The molecule has 1 saturated heterocycles. The summed E-state index contributed by atoms with van der Waals surface area (Å²) in [7, 11) is 1.60. The number of rotatable bonds is 10. The van der Waals surface area contributed by atoms with Gasteiger partial charge in [0.25, 0.3) is 0 Å². The molecule has 1 aliphatic heterocycles. The molecule has 3 rings (SSSR count). The van der Waals surface area contributed by atoms with Crippen molar-refractivity contribution in [2.45, 2.75) is 57.4 Å². The molecule has 0 bridgehead atoms. The molecule has 0 amide bonds. The molecule has 5 nitrogen and oxygen atoms in total. The SMILES string of the molecule is COc1ccc2nccc([C@@H](F)CC[C@@H]3CCN(CCSC(C)(C)C)C[C@@H]3CC(=O)O)c2c1. The van der Waals surface area contributed by atoms with Crippen molar-refractivity contribution in [2.24, 2.45) is 11.8 Å². The number of hydrogen-bond donors (Lipinski definition) is 1. The Morgan fingerprint density at radius 3 is 2.82 bits per heavy atom. The lowest BCUT2D eigenvalue weighted by Gasteiger charge is -2.38. The molecule has 1 fully saturated rings. The quantitative estimate of drug-likeness (QED) is 0.455. The number of carboxylic acid groups (broad SMARTS) is 1. The Hall–Kier alpha value is -1.86. The number of pyridine rings is 1. The number of alkyl halides is 1. The van der Waals surface area contributed by atoms with E-state index in [1.807, 2.05) is 30.0 Å². The molecule has 0 unspecified atom stereocenters. The average Bonchev–Trinajstić information content (AvgIpc) is 2.76. The molecule has 33 heavy (non-hydrogen) atoms. The molecule has 7 heteroatoms. The van der Waals surface area contributed by atoms with Crippen LogP contribution in [-0.2, 0) is 4.79 Å². The molecule has 1 aromatic heterocycles. The lowest BCUT2D eigenvalue weighted by molar-refractivity contribution is -0.139. The standard InChI is InChI=1S/C26H37FN2O3S/c1-26(2,3)33-14-13-29-12-10-18(19(17-29)15-25(30)31)5-7-23(27)21-9-11-28-24-8-6-20(32-4)16-22(21)24/h6,8-9,11,16,18-19,23H,5,7,10,12-15,17H2,1-4H3,(H,30,31)/t18-,19+,23+/m1/s1. The molecule has 0 aliphatic carbocycles. The third-order valence-corrected chi connectivity index (χ3v) is 7.72. The fourth-order valence-corrected chi connectivity index (χ4v) is 5.70. The van der Waals surface area contributed by atoms with Crippen LogP contribution in [0.1, 0.15) is 58.2 Å². The summed E-state index contributed by atoms with van der Waals surface area (Å²) >= 11 is 1.94. The lowest BCUT2D eigenvalue weighted by atomic mass is 9.79.